The van der Waals surface area contributed by atoms with E-state index in [2.05, 4.69) is 24.5 Å². The molecule has 0 aromatic heterocycles. The summed E-state index contributed by atoms with van der Waals surface area (Å²) in [5.74, 6) is -0.0243. The second-order valence-corrected chi connectivity index (χ2v) is 6.20. The predicted molar refractivity (Wildman–Crippen MR) is 92.5 cm³/mol. The largest absolute Gasteiger partial charge is 0.350 e. The molecule has 0 spiro atoms. The summed E-state index contributed by atoms with van der Waals surface area (Å²) in [6.45, 7) is 5.65. The van der Waals surface area contributed by atoms with Gasteiger partial charge in [-0.1, -0.05) is 49.0 Å². The molecule has 0 unspecified atom stereocenters. The summed E-state index contributed by atoms with van der Waals surface area (Å²) >= 11 is 1.61. The molecule has 4 heteroatoms. The van der Waals surface area contributed by atoms with E-state index in [0.717, 1.165) is 21.9 Å². The Morgan fingerprint density at radius 2 is 1.77 bits per heavy atom. The Morgan fingerprint density at radius 3 is 2.50 bits per heavy atom. The fraction of sp³-hybridized carbons (Fsp3) is 0.278. The van der Waals surface area contributed by atoms with Crippen LogP contribution in [0, 0.1) is 0 Å². The lowest BCUT2D eigenvalue weighted by molar-refractivity contribution is 0.0947. The van der Waals surface area contributed by atoms with E-state index in [0.29, 0.717) is 6.54 Å². The molecule has 22 heavy (non-hydrogen) atoms. The quantitative estimate of drug-likeness (QED) is 0.821. The Balaban J connectivity index is 2.06. The van der Waals surface area contributed by atoms with Crippen molar-refractivity contribution in [3.8, 4) is 0 Å². The maximum atomic E-state index is 12.4. The highest BCUT2D eigenvalue weighted by atomic mass is 32.2. The normalized spacial score (nSPS) is 11.9. The van der Waals surface area contributed by atoms with Gasteiger partial charge in [-0.05, 0) is 37.7 Å². The minimum atomic E-state index is -0.0243. The van der Waals surface area contributed by atoms with Crippen molar-refractivity contribution in [1.29, 1.82) is 0 Å². The molecule has 1 atom stereocenters. The Hall–Kier alpha value is -1.78. The van der Waals surface area contributed by atoms with Crippen LogP contribution in [0.4, 0.5) is 0 Å². The highest BCUT2D eigenvalue weighted by Crippen LogP contribution is 2.30. The van der Waals surface area contributed by atoms with Gasteiger partial charge in [0.2, 0.25) is 0 Å². The topological polar surface area (TPSA) is 41.1 Å². The number of rotatable bonds is 7. The molecule has 0 radical (unpaired) electrons. The number of hydrogen-bond acceptors (Lipinski definition) is 3. The van der Waals surface area contributed by atoms with Crippen molar-refractivity contribution >= 4 is 17.7 Å². The maximum absolute atomic E-state index is 12.4. The number of benzene rings is 2. The fourth-order valence-corrected chi connectivity index (χ4v) is 3.08. The molecule has 0 aliphatic carbocycles. The average molecular weight is 314 g/mol. The molecule has 0 aliphatic heterocycles. The number of amides is 1. The van der Waals surface area contributed by atoms with Crippen LogP contribution in [0.15, 0.2) is 64.4 Å². The molecule has 116 valence electrons. The van der Waals surface area contributed by atoms with Gasteiger partial charge in [-0.2, -0.15) is 0 Å². The molecular weight excluding hydrogens is 292 g/mol. The molecule has 0 fully saturated rings. The molecule has 2 aromatic carbocycles. The fourth-order valence-electron chi connectivity index (χ4n) is 2.12. The third-order valence-electron chi connectivity index (χ3n) is 3.22. The summed E-state index contributed by atoms with van der Waals surface area (Å²) in [5, 5.41) is 6.28. The van der Waals surface area contributed by atoms with Gasteiger partial charge in [0.15, 0.2) is 0 Å². The van der Waals surface area contributed by atoms with Crippen LogP contribution in [0.3, 0.4) is 0 Å². The lowest BCUT2D eigenvalue weighted by Gasteiger charge is -2.14. The first kappa shape index (κ1) is 16.6. The van der Waals surface area contributed by atoms with Crippen molar-refractivity contribution in [2.24, 2.45) is 0 Å². The van der Waals surface area contributed by atoms with Crippen LogP contribution in [0.1, 0.15) is 24.2 Å². The smallest absolute Gasteiger partial charge is 0.252 e. The van der Waals surface area contributed by atoms with Crippen LogP contribution in [0.25, 0.3) is 0 Å². The summed E-state index contributed by atoms with van der Waals surface area (Å²) in [5.41, 5.74) is 0.722. The Labute approximate surface area is 136 Å². The van der Waals surface area contributed by atoms with Crippen LogP contribution >= 0.6 is 11.8 Å². The van der Waals surface area contributed by atoms with Gasteiger partial charge < -0.3 is 10.6 Å². The van der Waals surface area contributed by atoms with Crippen LogP contribution in [0.5, 0.6) is 0 Å². The number of likely N-dealkylation sites (N-methyl/N-ethyl adjacent to an activating group) is 1. The summed E-state index contributed by atoms with van der Waals surface area (Å²) in [7, 11) is 0. The molecule has 0 heterocycles. The van der Waals surface area contributed by atoms with Gasteiger partial charge in [-0.3, -0.25) is 4.79 Å². The minimum Gasteiger partial charge on any atom is -0.350 e. The molecule has 0 saturated carbocycles. The standard InChI is InChI=1S/C18H22N2OS/c1-3-19-14(2)13-20-18(21)16-11-7-8-12-17(16)22-15-9-5-4-6-10-15/h4-12,14,19H,3,13H2,1-2H3,(H,20,21)/t14-/m1/s1. The van der Waals surface area contributed by atoms with E-state index in [-0.39, 0.29) is 11.9 Å². The van der Waals surface area contributed by atoms with Crippen LogP contribution in [0.2, 0.25) is 0 Å². The van der Waals surface area contributed by atoms with E-state index in [9.17, 15) is 4.79 Å². The lowest BCUT2D eigenvalue weighted by Crippen LogP contribution is -2.38. The molecule has 3 nitrogen and oxygen atoms in total. The second-order valence-electron chi connectivity index (χ2n) is 5.08. The third kappa shape index (κ3) is 4.90. The number of nitrogens with one attached hydrogen (secondary N) is 2. The average Bonchev–Trinajstić information content (AvgIpc) is 2.54. The molecule has 2 aromatic rings. The zero-order valence-corrected chi connectivity index (χ0v) is 13.8. The lowest BCUT2D eigenvalue weighted by atomic mass is 10.2. The van der Waals surface area contributed by atoms with E-state index in [1.807, 2.05) is 54.6 Å². The van der Waals surface area contributed by atoms with Crippen molar-refractivity contribution in [1.82, 2.24) is 10.6 Å². The van der Waals surface area contributed by atoms with Gasteiger partial charge in [-0.15, -0.1) is 0 Å². The van der Waals surface area contributed by atoms with Crippen LogP contribution in [-0.4, -0.2) is 25.0 Å². The SMILES string of the molecule is CCN[C@H](C)CNC(=O)c1ccccc1Sc1ccccc1. The van der Waals surface area contributed by atoms with Crippen molar-refractivity contribution in [2.75, 3.05) is 13.1 Å². The van der Waals surface area contributed by atoms with E-state index < -0.39 is 0 Å². The monoisotopic (exact) mass is 314 g/mol. The summed E-state index contributed by atoms with van der Waals surface area (Å²) in [4.78, 5) is 14.5. The highest BCUT2D eigenvalue weighted by Gasteiger charge is 2.12. The summed E-state index contributed by atoms with van der Waals surface area (Å²) in [6, 6.07) is 18.1. The number of hydrogen-bond donors (Lipinski definition) is 2. The first-order valence-corrected chi connectivity index (χ1v) is 8.36. The predicted octanol–water partition coefficient (Wildman–Crippen LogP) is 3.57. The van der Waals surface area contributed by atoms with Crippen molar-refractivity contribution in [3.05, 3.63) is 60.2 Å². The number of carbonyl (C=O) groups excluding carboxylic acids is 1. The van der Waals surface area contributed by atoms with Crippen molar-refractivity contribution in [3.63, 3.8) is 0 Å². The number of carbonyl (C=O) groups is 1. The van der Waals surface area contributed by atoms with E-state index in [1.165, 1.54) is 0 Å². The Kier molecular flexibility index (Phi) is 6.49. The molecular formula is C18H22N2OS. The molecule has 0 aliphatic rings. The third-order valence-corrected chi connectivity index (χ3v) is 4.31. The molecule has 0 bridgehead atoms. The summed E-state index contributed by atoms with van der Waals surface area (Å²) < 4.78 is 0. The first-order valence-electron chi connectivity index (χ1n) is 7.54. The zero-order valence-electron chi connectivity index (χ0n) is 13.0. The van der Waals surface area contributed by atoms with Gasteiger partial charge in [0.25, 0.3) is 5.91 Å². The van der Waals surface area contributed by atoms with E-state index >= 15 is 0 Å². The van der Waals surface area contributed by atoms with Gasteiger partial charge >= 0.3 is 0 Å². The molecule has 2 rings (SSSR count). The molecule has 2 N–H and O–H groups in total. The Bertz CT molecular complexity index is 601. The van der Waals surface area contributed by atoms with Gasteiger partial charge in [-0.25, -0.2) is 0 Å². The summed E-state index contributed by atoms with van der Waals surface area (Å²) in [6.07, 6.45) is 0. The first-order chi connectivity index (χ1) is 10.7. The van der Waals surface area contributed by atoms with E-state index in [1.54, 1.807) is 11.8 Å². The highest BCUT2D eigenvalue weighted by molar-refractivity contribution is 7.99. The van der Waals surface area contributed by atoms with Gasteiger partial charge in [0, 0.05) is 22.4 Å². The molecule has 1 amide bonds. The van der Waals surface area contributed by atoms with Crippen molar-refractivity contribution in [2.45, 2.75) is 29.7 Å². The van der Waals surface area contributed by atoms with E-state index in [4.69, 9.17) is 0 Å². The second kappa shape index (κ2) is 8.61. The van der Waals surface area contributed by atoms with Crippen LogP contribution < -0.4 is 10.6 Å². The Morgan fingerprint density at radius 1 is 1.09 bits per heavy atom. The zero-order chi connectivity index (χ0) is 15.8. The van der Waals surface area contributed by atoms with Gasteiger partial charge in [0.05, 0.1) is 5.56 Å². The maximum Gasteiger partial charge on any atom is 0.252 e. The van der Waals surface area contributed by atoms with Crippen molar-refractivity contribution < 1.29 is 4.79 Å². The van der Waals surface area contributed by atoms with Gasteiger partial charge in [0.1, 0.15) is 0 Å². The molecule has 0 saturated heterocycles. The van der Waals surface area contributed by atoms with Crippen LogP contribution in [-0.2, 0) is 0 Å². The minimum absolute atomic E-state index is 0.0243.